The van der Waals surface area contributed by atoms with E-state index < -0.39 is 52.2 Å². The third kappa shape index (κ3) is 7.79. The van der Waals surface area contributed by atoms with Gasteiger partial charge in [-0.1, -0.05) is 42.5 Å². The van der Waals surface area contributed by atoms with Crippen LogP contribution >= 0.6 is 0 Å². The van der Waals surface area contributed by atoms with Gasteiger partial charge in [0, 0.05) is 12.1 Å². The molecule has 1 aliphatic carbocycles. The first kappa shape index (κ1) is 34.0. The predicted molar refractivity (Wildman–Crippen MR) is 176 cm³/mol. The number of nitrogens with zero attached hydrogens (tertiary/aromatic N) is 2. The van der Waals surface area contributed by atoms with Crippen LogP contribution in [0.3, 0.4) is 0 Å². The number of esters is 1. The number of aromatic nitrogens is 1. The minimum absolute atomic E-state index is 0.0543. The molecule has 4 aromatic rings. The number of rotatable bonds is 9. The first-order valence-corrected chi connectivity index (χ1v) is 15.7. The Morgan fingerprint density at radius 3 is 2.19 bits per heavy atom. The topological polar surface area (TPSA) is 121 Å². The number of amides is 1. The normalized spacial score (nSPS) is 13.9. The summed E-state index contributed by atoms with van der Waals surface area (Å²) in [5, 5.41) is 0. The number of ketones is 1. The van der Waals surface area contributed by atoms with Crippen molar-refractivity contribution >= 4 is 23.7 Å². The van der Waals surface area contributed by atoms with E-state index in [-0.39, 0.29) is 24.0 Å². The van der Waals surface area contributed by atoms with E-state index >= 15 is 0 Å². The van der Waals surface area contributed by atoms with Crippen LogP contribution in [0.2, 0.25) is 0 Å². The van der Waals surface area contributed by atoms with Crippen molar-refractivity contribution in [1.82, 2.24) is 9.47 Å². The predicted octanol–water partition coefficient (Wildman–Crippen LogP) is 6.89. The van der Waals surface area contributed by atoms with Crippen molar-refractivity contribution in [3.8, 4) is 5.69 Å². The minimum atomic E-state index is -1.10. The van der Waals surface area contributed by atoms with Gasteiger partial charge in [0.15, 0.2) is 11.8 Å². The second-order valence-corrected chi connectivity index (χ2v) is 12.7. The van der Waals surface area contributed by atoms with Crippen LogP contribution in [-0.2, 0) is 20.8 Å². The van der Waals surface area contributed by atoms with Crippen LogP contribution in [0.15, 0.2) is 89.7 Å². The zero-order valence-electron chi connectivity index (χ0n) is 27.0. The van der Waals surface area contributed by atoms with Crippen molar-refractivity contribution in [2.24, 2.45) is 0 Å². The largest absolute Gasteiger partial charge is 0.461 e. The molecule has 11 heteroatoms. The van der Waals surface area contributed by atoms with Gasteiger partial charge in [-0.2, -0.15) is 0 Å². The number of benzene rings is 3. The van der Waals surface area contributed by atoms with Crippen molar-refractivity contribution in [3.63, 3.8) is 0 Å². The molecule has 1 aromatic heterocycles. The van der Waals surface area contributed by atoms with Crippen LogP contribution < -0.4 is 11.3 Å². The Bertz CT molecular complexity index is 1860. The van der Waals surface area contributed by atoms with E-state index in [1.165, 1.54) is 11.0 Å². The van der Waals surface area contributed by atoms with E-state index in [2.05, 4.69) is 0 Å². The van der Waals surface area contributed by atoms with E-state index in [0.717, 1.165) is 48.4 Å². The molecule has 1 fully saturated rings. The van der Waals surface area contributed by atoms with Crippen molar-refractivity contribution in [2.75, 3.05) is 5.73 Å². The fourth-order valence-corrected chi connectivity index (χ4v) is 5.67. The van der Waals surface area contributed by atoms with Gasteiger partial charge in [0.2, 0.25) is 0 Å². The maximum Gasteiger partial charge on any atom is 0.411 e. The van der Waals surface area contributed by atoms with E-state index in [1.807, 2.05) is 6.07 Å². The van der Waals surface area contributed by atoms with Gasteiger partial charge in [0.1, 0.15) is 29.2 Å². The number of ether oxygens (including phenoxy) is 2. The number of anilines is 1. The van der Waals surface area contributed by atoms with Crippen molar-refractivity contribution in [3.05, 3.63) is 129 Å². The van der Waals surface area contributed by atoms with Crippen LogP contribution in [-0.4, -0.2) is 39.0 Å². The van der Waals surface area contributed by atoms with Crippen molar-refractivity contribution in [2.45, 2.75) is 70.7 Å². The monoisotopic (exact) mass is 657 g/mol. The fourth-order valence-electron chi connectivity index (χ4n) is 5.67. The molecule has 0 bridgehead atoms. The van der Waals surface area contributed by atoms with E-state index in [4.69, 9.17) is 15.2 Å². The molecule has 0 spiro atoms. The highest BCUT2D eigenvalue weighted by molar-refractivity contribution is 6.11. The Morgan fingerprint density at radius 2 is 1.56 bits per heavy atom. The van der Waals surface area contributed by atoms with E-state index in [9.17, 15) is 28.0 Å². The number of nitrogen functional groups attached to an aromatic ring is 1. The zero-order chi connectivity index (χ0) is 34.6. The molecule has 48 heavy (non-hydrogen) atoms. The van der Waals surface area contributed by atoms with Crippen LogP contribution in [0.4, 0.5) is 19.4 Å². The lowest BCUT2D eigenvalue weighted by Crippen LogP contribution is -2.43. The highest BCUT2D eigenvalue weighted by Gasteiger charge is 2.37. The highest BCUT2D eigenvalue weighted by Crippen LogP contribution is 2.30. The summed E-state index contributed by atoms with van der Waals surface area (Å²) in [4.78, 5) is 54.9. The second kappa shape index (κ2) is 14.2. The number of hydrogen-bond acceptors (Lipinski definition) is 7. The number of carbonyl (C=O) groups excluding carboxylic acids is 3. The molecule has 0 aliphatic heterocycles. The Kier molecular flexibility index (Phi) is 10.1. The fraction of sp³-hybridized carbons (Fsp3) is 0.297. The lowest BCUT2D eigenvalue weighted by atomic mass is 10.0. The molecule has 1 heterocycles. The molecule has 1 saturated carbocycles. The Morgan fingerprint density at radius 1 is 0.917 bits per heavy atom. The summed E-state index contributed by atoms with van der Waals surface area (Å²) in [6.45, 7) is 5.15. The summed E-state index contributed by atoms with van der Waals surface area (Å²) in [6, 6.07) is 19.1. The molecular formula is C37H37F2N3O6. The van der Waals surface area contributed by atoms with E-state index in [0.29, 0.717) is 22.9 Å². The van der Waals surface area contributed by atoms with Crippen molar-refractivity contribution < 1.29 is 32.6 Å². The molecule has 1 atom stereocenters. The number of halogens is 2. The Balaban J connectivity index is 1.48. The summed E-state index contributed by atoms with van der Waals surface area (Å²) in [6.07, 6.45) is 2.50. The average molecular weight is 658 g/mol. The second-order valence-electron chi connectivity index (χ2n) is 12.7. The van der Waals surface area contributed by atoms with Gasteiger partial charge in [-0.3, -0.25) is 19.1 Å². The molecule has 9 nitrogen and oxygen atoms in total. The maximum atomic E-state index is 14.4. The molecule has 2 N–H and O–H groups in total. The van der Waals surface area contributed by atoms with E-state index in [1.54, 1.807) is 69.3 Å². The number of pyridine rings is 1. The van der Waals surface area contributed by atoms with Crippen LogP contribution in [0.1, 0.15) is 79.5 Å². The molecule has 1 amide bonds. The molecule has 5 rings (SSSR count). The zero-order valence-corrected chi connectivity index (χ0v) is 27.0. The third-order valence-corrected chi connectivity index (χ3v) is 7.96. The Labute approximate surface area is 276 Å². The van der Waals surface area contributed by atoms with Crippen molar-refractivity contribution in [1.29, 1.82) is 0 Å². The van der Waals surface area contributed by atoms with Gasteiger partial charge in [0.05, 0.1) is 23.4 Å². The van der Waals surface area contributed by atoms with Gasteiger partial charge < -0.3 is 15.2 Å². The molecule has 0 saturated heterocycles. The van der Waals surface area contributed by atoms with Gasteiger partial charge in [-0.15, -0.1) is 0 Å². The molecule has 0 unspecified atom stereocenters. The van der Waals surface area contributed by atoms with Gasteiger partial charge in [-0.05, 0) is 87.9 Å². The minimum Gasteiger partial charge on any atom is -0.461 e. The third-order valence-electron chi connectivity index (χ3n) is 7.96. The SMILES string of the molecule is CC(C)(C)OC(=O)N(Cc1ccc(-n2c(N)c(C(=O)c3ccc(F)cc3F)ccc2=O)cc1)[C@H](C(=O)OC1CCCC1)c1ccccc1. The lowest BCUT2D eigenvalue weighted by Gasteiger charge is -2.33. The molecule has 0 radical (unpaired) electrons. The molecule has 250 valence electrons. The summed E-state index contributed by atoms with van der Waals surface area (Å²) in [7, 11) is 0. The number of carbonyl (C=O) groups is 3. The number of nitrogens with two attached hydrogens (primary N) is 1. The summed E-state index contributed by atoms with van der Waals surface area (Å²) >= 11 is 0. The smallest absolute Gasteiger partial charge is 0.411 e. The first-order chi connectivity index (χ1) is 22.8. The highest BCUT2D eigenvalue weighted by atomic mass is 19.1. The first-order valence-electron chi connectivity index (χ1n) is 15.7. The van der Waals surface area contributed by atoms with Gasteiger partial charge in [-0.25, -0.2) is 18.4 Å². The standard InChI is InChI=1S/C37H37F2N3O6/c1-37(2,3)48-36(46)41(32(24-9-5-4-6-10-24)35(45)47-27-11-7-8-12-27)22-23-13-16-26(17-14-23)42-31(43)20-19-29(34(42)40)33(44)28-18-15-25(38)21-30(28)39/h4-6,9-10,13-21,27,32H,7-8,11-12,22,40H2,1-3H3/t32-/m0/s1. The lowest BCUT2D eigenvalue weighted by molar-refractivity contribution is -0.155. The van der Waals surface area contributed by atoms with Gasteiger partial charge in [0.25, 0.3) is 5.56 Å². The molecule has 3 aromatic carbocycles. The number of hydrogen-bond donors (Lipinski definition) is 1. The van der Waals surface area contributed by atoms with Crippen LogP contribution in [0.25, 0.3) is 5.69 Å². The quantitative estimate of drug-likeness (QED) is 0.154. The average Bonchev–Trinajstić information content (AvgIpc) is 3.54. The summed E-state index contributed by atoms with van der Waals surface area (Å²) < 4.78 is 40.6. The molecular weight excluding hydrogens is 620 g/mol. The molecule has 1 aliphatic rings. The summed E-state index contributed by atoms with van der Waals surface area (Å²) in [5.41, 5.74) is 5.77. The van der Waals surface area contributed by atoms with Crippen LogP contribution in [0.5, 0.6) is 0 Å². The Hall–Kier alpha value is -5.32. The maximum absolute atomic E-state index is 14.4. The summed E-state index contributed by atoms with van der Waals surface area (Å²) in [5.74, 6) is -3.52. The van der Waals surface area contributed by atoms with Gasteiger partial charge >= 0.3 is 12.1 Å². The van der Waals surface area contributed by atoms with Crippen LogP contribution in [0, 0.1) is 11.6 Å².